The van der Waals surface area contributed by atoms with Gasteiger partial charge in [-0.15, -0.1) is 0 Å². The van der Waals surface area contributed by atoms with E-state index in [9.17, 15) is 0 Å². The zero-order chi connectivity index (χ0) is 17.4. The molecule has 2 heterocycles. The smallest absolute Gasteiger partial charge is 0.212 e. The molecular weight excluding hydrogens is 306 g/mol. The van der Waals surface area contributed by atoms with Crippen LogP contribution in [-0.2, 0) is 7.05 Å². The Kier molecular flexibility index (Phi) is 3.77. The molecule has 0 aliphatic carbocycles. The van der Waals surface area contributed by atoms with Gasteiger partial charge in [0.15, 0.2) is 0 Å². The summed E-state index contributed by atoms with van der Waals surface area (Å²) in [6.07, 6.45) is 6.44. The molecule has 124 valence electrons. The molecular formula is C22H22N3+. The molecule has 1 aromatic heterocycles. The number of aromatic nitrogens is 1. The van der Waals surface area contributed by atoms with Gasteiger partial charge >= 0.3 is 0 Å². The van der Waals surface area contributed by atoms with Crippen LogP contribution in [0.5, 0.6) is 0 Å². The van der Waals surface area contributed by atoms with Crippen molar-refractivity contribution in [1.29, 1.82) is 0 Å². The predicted octanol–water partition coefficient (Wildman–Crippen LogP) is 4.11. The van der Waals surface area contributed by atoms with Gasteiger partial charge in [0.1, 0.15) is 12.9 Å². The number of nitrogens with zero attached hydrogens (tertiary/aromatic N) is 3. The number of benzene rings is 2. The molecule has 1 aliphatic heterocycles. The summed E-state index contributed by atoms with van der Waals surface area (Å²) in [6.45, 7) is 0. The molecule has 3 aromatic rings. The molecule has 0 fully saturated rings. The Morgan fingerprint density at radius 2 is 1.44 bits per heavy atom. The Hall–Kier alpha value is -3.07. The number of allylic oxidation sites excluding steroid dienone is 2. The van der Waals surface area contributed by atoms with Crippen LogP contribution in [0.15, 0.2) is 78.6 Å². The third-order valence-electron chi connectivity index (χ3n) is 4.92. The molecule has 0 radical (unpaired) electrons. The van der Waals surface area contributed by atoms with Crippen LogP contribution >= 0.6 is 0 Å². The molecule has 0 spiro atoms. The minimum atomic E-state index is 1.17. The maximum Gasteiger partial charge on any atom is 0.212 e. The summed E-state index contributed by atoms with van der Waals surface area (Å²) in [5.74, 6) is 1.17. The average molecular weight is 328 g/mol. The van der Waals surface area contributed by atoms with Crippen molar-refractivity contribution in [2.24, 2.45) is 7.05 Å². The van der Waals surface area contributed by atoms with Gasteiger partial charge in [0.05, 0.1) is 11.4 Å². The zero-order valence-electron chi connectivity index (χ0n) is 14.8. The first-order valence-corrected chi connectivity index (χ1v) is 8.49. The SMILES string of the molecule is CN1C(=CC=Cc2ccc3ccccc3[n+]2C)N(C)c2ccccc21. The van der Waals surface area contributed by atoms with Crippen molar-refractivity contribution < 1.29 is 4.57 Å². The third kappa shape index (κ3) is 2.58. The number of para-hydroxylation sites is 3. The highest BCUT2D eigenvalue weighted by Crippen LogP contribution is 2.38. The number of aryl methyl sites for hydroxylation is 1. The molecule has 0 bridgehead atoms. The summed E-state index contributed by atoms with van der Waals surface area (Å²) in [6, 6.07) is 21.3. The van der Waals surface area contributed by atoms with E-state index in [2.05, 4.69) is 114 Å². The fraction of sp³-hybridized carbons (Fsp3) is 0.136. The number of hydrogen-bond acceptors (Lipinski definition) is 2. The van der Waals surface area contributed by atoms with Gasteiger partial charge in [0, 0.05) is 37.7 Å². The average Bonchev–Trinajstić information content (AvgIpc) is 2.89. The fourth-order valence-corrected chi connectivity index (χ4v) is 3.49. The van der Waals surface area contributed by atoms with Crippen LogP contribution in [0, 0.1) is 0 Å². The number of rotatable bonds is 2. The van der Waals surface area contributed by atoms with Crippen LogP contribution in [0.1, 0.15) is 5.69 Å². The van der Waals surface area contributed by atoms with Crippen molar-refractivity contribution in [2.45, 2.75) is 0 Å². The van der Waals surface area contributed by atoms with E-state index < -0.39 is 0 Å². The molecule has 0 saturated carbocycles. The Morgan fingerprint density at radius 1 is 0.800 bits per heavy atom. The van der Waals surface area contributed by atoms with Gasteiger partial charge in [-0.25, -0.2) is 0 Å². The quantitative estimate of drug-likeness (QED) is 0.656. The lowest BCUT2D eigenvalue weighted by Gasteiger charge is -2.17. The second kappa shape index (κ2) is 6.10. The number of anilines is 2. The minimum absolute atomic E-state index is 1.17. The Balaban J connectivity index is 1.65. The lowest BCUT2D eigenvalue weighted by molar-refractivity contribution is -0.646. The van der Waals surface area contributed by atoms with Crippen LogP contribution in [0.2, 0.25) is 0 Å². The number of hydrogen-bond donors (Lipinski definition) is 0. The standard InChI is InChI=1S/C22H22N3/c1-23-18(16-15-17-9-4-5-11-19(17)23)10-8-14-22-24(2)20-12-6-7-13-21(20)25(22)3/h4-16H,1-3H3/q+1. The molecule has 1 aliphatic rings. The first kappa shape index (κ1) is 15.5. The normalized spacial score (nSPS) is 13.8. The monoisotopic (exact) mass is 328 g/mol. The van der Waals surface area contributed by atoms with Crippen molar-refractivity contribution in [1.82, 2.24) is 0 Å². The van der Waals surface area contributed by atoms with Crippen molar-refractivity contribution in [3.05, 3.63) is 84.3 Å². The summed E-state index contributed by atoms with van der Waals surface area (Å²) in [5, 5.41) is 1.26. The molecule has 3 nitrogen and oxygen atoms in total. The van der Waals surface area contributed by atoms with Crippen molar-refractivity contribution in [3.63, 3.8) is 0 Å². The minimum Gasteiger partial charge on any atom is -0.329 e. The number of pyridine rings is 1. The van der Waals surface area contributed by atoms with E-state index in [0.29, 0.717) is 0 Å². The lowest BCUT2D eigenvalue weighted by atomic mass is 10.2. The molecule has 0 N–H and O–H groups in total. The van der Waals surface area contributed by atoms with Gasteiger partial charge < -0.3 is 9.80 Å². The van der Waals surface area contributed by atoms with Gasteiger partial charge in [-0.05, 0) is 30.3 Å². The van der Waals surface area contributed by atoms with Gasteiger partial charge in [-0.3, -0.25) is 0 Å². The van der Waals surface area contributed by atoms with Crippen molar-refractivity contribution in [3.8, 4) is 0 Å². The molecule has 25 heavy (non-hydrogen) atoms. The topological polar surface area (TPSA) is 10.4 Å². The maximum absolute atomic E-state index is 2.22. The molecule has 0 atom stereocenters. The summed E-state index contributed by atoms with van der Waals surface area (Å²) >= 11 is 0. The second-order valence-electron chi connectivity index (χ2n) is 6.37. The summed E-state index contributed by atoms with van der Waals surface area (Å²) in [5.41, 5.74) is 4.89. The van der Waals surface area contributed by atoms with E-state index in [0.717, 1.165) is 0 Å². The Morgan fingerprint density at radius 3 is 2.16 bits per heavy atom. The predicted molar refractivity (Wildman–Crippen MR) is 105 cm³/mol. The van der Waals surface area contributed by atoms with Crippen LogP contribution in [-0.4, -0.2) is 14.1 Å². The summed E-state index contributed by atoms with van der Waals surface area (Å²) in [4.78, 5) is 4.44. The summed E-state index contributed by atoms with van der Waals surface area (Å²) < 4.78 is 2.22. The van der Waals surface area contributed by atoms with E-state index in [1.165, 1.54) is 33.8 Å². The highest BCUT2D eigenvalue weighted by Gasteiger charge is 2.24. The van der Waals surface area contributed by atoms with E-state index in [-0.39, 0.29) is 0 Å². The van der Waals surface area contributed by atoms with Crippen LogP contribution in [0.25, 0.3) is 17.0 Å². The van der Waals surface area contributed by atoms with Gasteiger partial charge in [0.25, 0.3) is 0 Å². The first-order valence-electron chi connectivity index (χ1n) is 8.49. The fourth-order valence-electron chi connectivity index (χ4n) is 3.49. The van der Waals surface area contributed by atoms with E-state index in [4.69, 9.17) is 0 Å². The molecule has 0 unspecified atom stereocenters. The van der Waals surface area contributed by atoms with Crippen molar-refractivity contribution >= 4 is 28.4 Å². The molecule has 4 rings (SSSR count). The highest BCUT2D eigenvalue weighted by molar-refractivity contribution is 5.82. The highest BCUT2D eigenvalue weighted by atomic mass is 15.4. The van der Waals surface area contributed by atoms with E-state index in [1.54, 1.807) is 0 Å². The maximum atomic E-state index is 2.22. The molecule has 3 heteroatoms. The molecule has 2 aromatic carbocycles. The largest absolute Gasteiger partial charge is 0.329 e. The van der Waals surface area contributed by atoms with E-state index >= 15 is 0 Å². The Bertz CT molecular complexity index is 970. The molecule has 0 saturated heterocycles. The van der Waals surface area contributed by atoms with E-state index in [1.807, 2.05) is 0 Å². The van der Waals surface area contributed by atoms with Gasteiger partial charge in [0.2, 0.25) is 11.2 Å². The van der Waals surface area contributed by atoms with Crippen LogP contribution in [0.3, 0.4) is 0 Å². The Labute approximate surface area is 148 Å². The lowest BCUT2D eigenvalue weighted by Crippen LogP contribution is -2.32. The summed E-state index contributed by atoms with van der Waals surface area (Å²) in [7, 11) is 6.33. The zero-order valence-corrected chi connectivity index (χ0v) is 14.8. The van der Waals surface area contributed by atoms with Crippen LogP contribution in [0.4, 0.5) is 11.4 Å². The van der Waals surface area contributed by atoms with Crippen LogP contribution < -0.4 is 14.4 Å². The van der Waals surface area contributed by atoms with Gasteiger partial charge in [-0.2, -0.15) is 4.57 Å². The second-order valence-corrected chi connectivity index (χ2v) is 6.37. The first-order chi connectivity index (χ1) is 12.2. The van der Waals surface area contributed by atoms with Crippen molar-refractivity contribution in [2.75, 3.05) is 23.9 Å². The third-order valence-corrected chi connectivity index (χ3v) is 4.92. The van der Waals surface area contributed by atoms with Gasteiger partial charge in [-0.1, -0.05) is 30.3 Å². The number of fused-ring (bicyclic) bond motifs is 2. The molecule has 0 amide bonds.